The minimum absolute atomic E-state index is 0.0647. The minimum Gasteiger partial charge on any atom is -0.364 e. The molecular formula is C19H21N3OS2. The average Bonchev–Trinajstić information content (AvgIpc) is 3.36. The highest BCUT2D eigenvalue weighted by Gasteiger charge is 2.43. The number of hydrogen-bond donors (Lipinski definition) is 0. The Balaban J connectivity index is 1.36. The Morgan fingerprint density at radius 2 is 2.24 bits per heavy atom. The van der Waals surface area contributed by atoms with Gasteiger partial charge in [-0.15, -0.1) is 11.3 Å². The van der Waals surface area contributed by atoms with Gasteiger partial charge in [0, 0.05) is 40.3 Å². The number of hydrogen-bond acceptors (Lipinski definition) is 5. The zero-order chi connectivity index (χ0) is 16.9. The zero-order valence-electron chi connectivity index (χ0n) is 14.3. The molecule has 130 valence electrons. The number of nitrogens with zero attached hydrogens (tertiary/aromatic N) is 3. The molecule has 5 heterocycles. The molecule has 1 fully saturated rings. The number of aryl methyl sites for hydroxylation is 1. The van der Waals surface area contributed by atoms with Crippen LogP contribution in [0.1, 0.15) is 22.0 Å². The summed E-state index contributed by atoms with van der Waals surface area (Å²) >= 11 is 3.64. The first-order valence-electron chi connectivity index (χ1n) is 8.69. The van der Waals surface area contributed by atoms with Crippen LogP contribution in [-0.4, -0.2) is 33.1 Å². The third-order valence-electron chi connectivity index (χ3n) is 5.28. The maximum atomic E-state index is 6.34. The van der Waals surface area contributed by atoms with E-state index in [1.165, 1.54) is 21.0 Å². The number of likely N-dealkylation sites (tertiary alicyclic amines) is 1. The van der Waals surface area contributed by atoms with Crippen LogP contribution in [0.15, 0.2) is 35.2 Å². The molecular weight excluding hydrogens is 350 g/mol. The average molecular weight is 372 g/mol. The van der Waals surface area contributed by atoms with E-state index in [2.05, 4.69) is 50.3 Å². The summed E-state index contributed by atoms with van der Waals surface area (Å²) in [5, 5.41) is 4.33. The summed E-state index contributed by atoms with van der Waals surface area (Å²) < 4.78 is 8.72. The summed E-state index contributed by atoms with van der Waals surface area (Å²) in [4.78, 5) is 9.97. The van der Waals surface area contributed by atoms with Gasteiger partial charge in [0.05, 0.1) is 18.4 Å². The Bertz CT molecular complexity index is 883. The first kappa shape index (κ1) is 15.8. The molecule has 1 atom stereocenters. The molecule has 0 amide bonds. The molecule has 1 saturated heterocycles. The fourth-order valence-corrected chi connectivity index (χ4v) is 5.58. The van der Waals surface area contributed by atoms with E-state index in [1.807, 2.05) is 17.5 Å². The van der Waals surface area contributed by atoms with Crippen LogP contribution in [0.5, 0.6) is 0 Å². The van der Waals surface area contributed by atoms with Crippen LogP contribution in [0.2, 0.25) is 0 Å². The summed E-state index contributed by atoms with van der Waals surface area (Å²) in [7, 11) is 0. The van der Waals surface area contributed by atoms with E-state index >= 15 is 0 Å². The Kier molecular flexibility index (Phi) is 3.82. The second-order valence-electron chi connectivity index (χ2n) is 7.10. The maximum absolute atomic E-state index is 6.34. The smallest absolute Gasteiger partial charge is 0.135 e. The minimum atomic E-state index is -0.0647. The highest BCUT2D eigenvalue weighted by atomic mass is 32.1. The number of imidazole rings is 1. The summed E-state index contributed by atoms with van der Waals surface area (Å²) in [5.74, 6) is 1.05. The SMILES string of the molecule is Cc1ccc(CN2CC[C@@]3(C2)Cn2c(-c4ccsc4)cnc2CO3)s1. The van der Waals surface area contributed by atoms with Gasteiger partial charge in [0.15, 0.2) is 0 Å². The van der Waals surface area contributed by atoms with Crippen LogP contribution >= 0.6 is 22.7 Å². The van der Waals surface area contributed by atoms with Crippen molar-refractivity contribution in [2.75, 3.05) is 13.1 Å². The van der Waals surface area contributed by atoms with Crippen molar-refractivity contribution in [3.8, 4) is 11.3 Å². The third kappa shape index (κ3) is 2.87. The molecule has 0 unspecified atom stereocenters. The molecule has 0 radical (unpaired) electrons. The molecule has 25 heavy (non-hydrogen) atoms. The first-order chi connectivity index (χ1) is 12.2. The second-order valence-corrected chi connectivity index (χ2v) is 9.26. The second kappa shape index (κ2) is 6.06. The molecule has 2 aliphatic rings. The quantitative estimate of drug-likeness (QED) is 0.693. The fourth-order valence-electron chi connectivity index (χ4n) is 4.00. The first-order valence-corrected chi connectivity index (χ1v) is 10.5. The van der Waals surface area contributed by atoms with E-state index in [0.717, 1.165) is 38.4 Å². The fraction of sp³-hybridized carbons (Fsp3) is 0.421. The van der Waals surface area contributed by atoms with Crippen LogP contribution in [0.3, 0.4) is 0 Å². The monoisotopic (exact) mass is 371 g/mol. The van der Waals surface area contributed by atoms with Gasteiger partial charge in [0.2, 0.25) is 0 Å². The Morgan fingerprint density at radius 1 is 1.28 bits per heavy atom. The van der Waals surface area contributed by atoms with Crippen molar-refractivity contribution in [1.29, 1.82) is 0 Å². The molecule has 3 aromatic rings. The lowest BCUT2D eigenvalue weighted by molar-refractivity contribution is -0.0821. The van der Waals surface area contributed by atoms with Gasteiger partial charge in [-0.05, 0) is 36.9 Å². The zero-order valence-corrected chi connectivity index (χ0v) is 15.9. The van der Waals surface area contributed by atoms with Crippen molar-refractivity contribution in [2.45, 2.75) is 38.6 Å². The van der Waals surface area contributed by atoms with Crippen molar-refractivity contribution in [3.05, 3.63) is 50.7 Å². The number of fused-ring (bicyclic) bond motifs is 1. The van der Waals surface area contributed by atoms with E-state index in [9.17, 15) is 0 Å². The van der Waals surface area contributed by atoms with Gasteiger partial charge in [-0.2, -0.15) is 11.3 Å². The molecule has 0 aliphatic carbocycles. The molecule has 6 heteroatoms. The van der Waals surface area contributed by atoms with Crippen LogP contribution in [-0.2, 0) is 24.4 Å². The molecule has 2 aliphatic heterocycles. The predicted octanol–water partition coefficient (Wildman–Crippen LogP) is 4.16. The largest absolute Gasteiger partial charge is 0.364 e. The molecule has 3 aromatic heterocycles. The van der Waals surface area contributed by atoms with Crippen molar-refractivity contribution >= 4 is 22.7 Å². The summed E-state index contributed by atoms with van der Waals surface area (Å²) in [6.07, 6.45) is 3.10. The molecule has 0 N–H and O–H groups in total. The highest BCUT2D eigenvalue weighted by molar-refractivity contribution is 7.11. The Hall–Kier alpha value is -1.47. The van der Waals surface area contributed by atoms with E-state index in [1.54, 1.807) is 11.3 Å². The molecule has 5 rings (SSSR count). The van der Waals surface area contributed by atoms with Crippen molar-refractivity contribution in [3.63, 3.8) is 0 Å². The van der Waals surface area contributed by atoms with Crippen LogP contribution < -0.4 is 0 Å². The lowest BCUT2D eigenvalue weighted by atomic mass is 10.0. The van der Waals surface area contributed by atoms with Crippen LogP contribution in [0.25, 0.3) is 11.3 Å². The van der Waals surface area contributed by atoms with Gasteiger partial charge < -0.3 is 9.30 Å². The van der Waals surface area contributed by atoms with Crippen LogP contribution in [0, 0.1) is 6.92 Å². The van der Waals surface area contributed by atoms with Crippen LogP contribution in [0.4, 0.5) is 0 Å². The van der Waals surface area contributed by atoms with E-state index < -0.39 is 0 Å². The van der Waals surface area contributed by atoms with Crippen molar-refractivity contribution < 1.29 is 4.74 Å². The van der Waals surface area contributed by atoms with E-state index in [4.69, 9.17) is 4.74 Å². The van der Waals surface area contributed by atoms with E-state index in [-0.39, 0.29) is 5.60 Å². The lowest BCUT2D eigenvalue weighted by Gasteiger charge is -2.35. The van der Waals surface area contributed by atoms with Crippen molar-refractivity contribution in [2.24, 2.45) is 0 Å². The highest BCUT2D eigenvalue weighted by Crippen LogP contribution is 2.36. The number of rotatable bonds is 3. The van der Waals surface area contributed by atoms with Crippen molar-refractivity contribution in [1.82, 2.24) is 14.5 Å². The van der Waals surface area contributed by atoms with Gasteiger partial charge in [-0.25, -0.2) is 4.98 Å². The number of thiophene rings is 2. The molecule has 4 nitrogen and oxygen atoms in total. The third-order valence-corrected chi connectivity index (χ3v) is 6.95. The molecule has 0 aromatic carbocycles. The molecule has 0 saturated carbocycles. The number of aromatic nitrogens is 2. The topological polar surface area (TPSA) is 30.3 Å². The van der Waals surface area contributed by atoms with E-state index in [0.29, 0.717) is 6.61 Å². The summed E-state index contributed by atoms with van der Waals surface area (Å²) in [6, 6.07) is 6.65. The Labute approximate surface area is 155 Å². The summed E-state index contributed by atoms with van der Waals surface area (Å²) in [6.45, 7) is 6.86. The van der Waals surface area contributed by atoms with Gasteiger partial charge in [0.25, 0.3) is 0 Å². The normalized spacial score (nSPS) is 23.4. The molecule has 0 bridgehead atoms. The van der Waals surface area contributed by atoms with Gasteiger partial charge >= 0.3 is 0 Å². The summed E-state index contributed by atoms with van der Waals surface area (Å²) in [5.41, 5.74) is 2.43. The maximum Gasteiger partial charge on any atom is 0.135 e. The van der Waals surface area contributed by atoms with Gasteiger partial charge in [-0.1, -0.05) is 0 Å². The van der Waals surface area contributed by atoms with Gasteiger partial charge in [-0.3, -0.25) is 4.90 Å². The predicted molar refractivity (Wildman–Crippen MR) is 102 cm³/mol. The van der Waals surface area contributed by atoms with Gasteiger partial charge in [0.1, 0.15) is 18.0 Å². The number of ether oxygens (including phenoxy) is 1. The Morgan fingerprint density at radius 3 is 3.04 bits per heavy atom. The standard InChI is InChI=1S/C19H21N3OS2/c1-14-2-3-16(25-14)9-21-6-5-19(12-21)13-22-17(15-4-7-24-11-15)8-20-18(22)10-23-19/h2-4,7-8,11H,5-6,9-10,12-13H2,1H3/t19-/m1/s1. The molecule has 1 spiro atoms. The lowest BCUT2D eigenvalue weighted by Crippen LogP contribution is -2.44.